The highest BCUT2D eigenvalue weighted by atomic mass is 32.1. The molecule has 1 heterocycles. The monoisotopic (exact) mass is 449 g/mol. The normalized spacial score (nSPS) is 15.0. The lowest BCUT2D eigenvalue weighted by Gasteiger charge is -2.25. The van der Waals surface area contributed by atoms with Crippen LogP contribution in [0.15, 0.2) is 60.7 Å². The van der Waals surface area contributed by atoms with Crippen molar-refractivity contribution < 1.29 is 9.59 Å². The number of rotatable bonds is 7. The van der Waals surface area contributed by atoms with Crippen LogP contribution in [-0.4, -0.2) is 34.2 Å². The van der Waals surface area contributed by atoms with Gasteiger partial charge in [-0.1, -0.05) is 91.3 Å². The van der Waals surface area contributed by atoms with Gasteiger partial charge in [-0.2, -0.15) is 0 Å². The average Bonchev–Trinajstić information content (AvgIpc) is 3.29. The van der Waals surface area contributed by atoms with Gasteiger partial charge in [-0.25, -0.2) is 4.79 Å². The Kier molecular flexibility index (Phi) is 7.45. The number of benzene rings is 2. The van der Waals surface area contributed by atoms with Gasteiger partial charge in [0.1, 0.15) is 11.0 Å². The standard InChI is InChI=1S/C24H27N5O2S/c30-21(27-24-29-28-22(32-24)18-12-6-2-7-13-18)20(16-17-10-4-1-5-11-17)26-23(31)25-19-14-8-3-9-15-19/h1-2,4-7,10-13,19-20H,3,8-9,14-16H2,(H2,25,26,31)(H,27,29,30). The summed E-state index contributed by atoms with van der Waals surface area (Å²) in [6.07, 6.45) is 5.81. The molecule has 166 valence electrons. The lowest BCUT2D eigenvalue weighted by molar-refractivity contribution is -0.117. The number of hydrogen-bond donors (Lipinski definition) is 3. The molecule has 2 aromatic carbocycles. The average molecular weight is 450 g/mol. The molecule has 0 saturated heterocycles. The number of nitrogens with one attached hydrogen (secondary N) is 3. The van der Waals surface area contributed by atoms with Gasteiger partial charge in [0.2, 0.25) is 11.0 Å². The van der Waals surface area contributed by atoms with Gasteiger partial charge in [0, 0.05) is 18.0 Å². The number of aromatic nitrogens is 2. The molecule has 1 aliphatic carbocycles. The van der Waals surface area contributed by atoms with Crippen molar-refractivity contribution in [2.75, 3.05) is 5.32 Å². The highest BCUT2D eigenvalue weighted by Crippen LogP contribution is 2.26. The summed E-state index contributed by atoms with van der Waals surface area (Å²) in [5.74, 6) is -0.316. The summed E-state index contributed by atoms with van der Waals surface area (Å²) < 4.78 is 0. The van der Waals surface area contributed by atoms with E-state index in [0.717, 1.165) is 41.8 Å². The largest absolute Gasteiger partial charge is 0.335 e. The summed E-state index contributed by atoms with van der Waals surface area (Å²) >= 11 is 1.30. The van der Waals surface area contributed by atoms with E-state index in [-0.39, 0.29) is 18.0 Å². The van der Waals surface area contributed by atoms with E-state index in [4.69, 9.17) is 0 Å². The first-order valence-electron chi connectivity index (χ1n) is 11.0. The van der Waals surface area contributed by atoms with E-state index in [1.165, 1.54) is 17.8 Å². The van der Waals surface area contributed by atoms with Gasteiger partial charge >= 0.3 is 6.03 Å². The third kappa shape index (κ3) is 6.13. The Labute approximate surface area is 191 Å². The van der Waals surface area contributed by atoms with Gasteiger partial charge in [0.05, 0.1) is 0 Å². The smallest absolute Gasteiger partial charge is 0.315 e. The lowest BCUT2D eigenvalue weighted by Crippen LogP contribution is -2.51. The molecule has 1 fully saturated rings. The molecule has 1 aliphatic rings. The molecule has 8 heteroatoms. The number of urea groups is 1. The SMILES string of the molecule is O=C(NC1CCCCC1)NC(Cc1ccccc1)C(=O)Nc1nnc(-c2ccccc2)s1. The molecule has 3 amide bonds. The van der Waals surface area contributed by atoms with Crippen molar-refractivity contribution in [3.63, 3.8) is 0 Å². The van der Waals surface area contributed by atoms with Crippen molar-refractivity contribution in [3.05, 3.63) is 66.2 Å². The number of carbonyl (C=O) groups excluding carboxylic acids is 2. The van der Waals surface area contributed by atoms with E-state index in [0.29, 0.717) is 11.6 Å². The quantitative estimate of drug-likeness (QED) is 0.499. The van der Waals surface area contributed by atoms with E-state index in [9.17, 15) is 9.59 Å². The molecule has 3 aromatic rings. The zero-order valence-electron chi connectivity index (χ0n) is 17.8. The van der Waals surface area contributed by atoms with Gasteiger partial charge in [-0.3, -0.25) is 10.1 Å². The number of anilines is 1. The van der Waals surface area contributed by atoms with Crippen LogP contribution in [-0.2, 0) is 11.2 Å². The van der Waals surface area contributed by atoms with E-state index >= 15 is 0 Å². The number of hydrogen-bond acceptors (Lipinski definition) is 5. The second-order valence-corrected chi connectivity index (χ2v) is 8.94. The fourth-order valence-electron chi connectivity index (χ4n) is 3.85. The summed E-state index contributed by atoms with van der Waals surface area (Å²) in [4.78, 5) is 25.7. The predicted molar refractivity (Wildman–Crippen MR) is 126 cm³/mol. The summed E-state index contributed by atoms with van der Waals surface area (Å²) in [7, 11) is 0. The van der Waals surface area contributed by atoms with Crippen LogP contribution >= 0.6 is 11.3 Å². The molecule has 4 rings (SSSR count). The van der Waals surface area contributed by atoms with Gasteiger partial charge in [-0.15, -0.1) is 10.2 Å². The summed E-state index contributed by atoms with van der Waals surface area (Å²) in [6, 6.07) is 18.5. The topological polar surface area (TPSA) is 96.0 Å². The molecule has 1 aromatic heterocycles. The zero-order valence-corrected chi connectivity index (χ0v) is 18.6. The molecular formula is C24H27N5O2S. The fourth-order valence-corrected chi connectivity index (χ4v) is 4.61. The Hall–Kier alpha value is -3.26. The minimum atomic E-state index is -0.731. The molecular weight excluding hydrogens is 422 g/mol. The summed E-state index contributed by atoms with van der Waals surface area (Å²) in [5, 5.41) is 18.1. The molecule has 0 spiro atoms. The highest BCUT2D eigenvalue weighted by molar-refractivity contribution is 7.18. The van der Waals surface area contributed by atoms with E-state index in [1.54, 1.807) is 0 Å². The van der Waals surface area contributed by atoms with Crippen molar-refractivity contribution in [3.8, 4) is 10.6 Å². The number of carbonyl (C=O) groups is 2. The molecule has 0 aliphatic heterocycles. The van der Waals surface area contributed by atoms with Crippen molar-refractivity contribution in [2.24, 2.45) is 0 Å². The maximum absolute atomic E-state index is 13.1. The molecule has 0 bridgehead atoms. The third-order valence-corrected chi connectivity index (χ3v) is 6.41. The van der Waals surface area contributed by atoms with Crippen LogP contribution in [0.5, 0.6) is 0 Å². The molecule has 0 radical (unpaired) electrons. The Morgan fingerprint density at radius 1 is 0.938 bits per heavy atom. The first-order valence-corrected chi connectivity index (χ1v) is 11.8. The van der Waals surface area contributed by atoms with Crippen molar-refractivity contribution in [1.29, 1.82) is 0 Å². The fraction of sp³-hybridized carbons (Fsp3) is 0.333. The Morgan fingerprint density at radius 2 is 1.62 bits per heavy atom. The Morgan fingerprint density at radius 3 is 2.34 bits per heavy atom. The van der Waals surface area contributed by atoms with Crippen LogP contribution in [0.2, 0.25) is 0 Å². The molecule has 32 heavy (non-hydrogen) atoms. The van der Waals surface area contributed by atoms with Gasteiger partial charge in [-0.05, 0) is 18.4 Å². The summed E-state index contributed by atoms with van der Waals surface area (Å²) in [6.45, 7) is 0. The minimum Gasteiger partial charge on any atom is -0.335 e. The lowest BCUT2D eigenvalue weighted by atomic mass is 9.96. The first kappa shape index (κ1) is 22.0. The van der Waals surface area contributed by atoms with Crippen LogP contribution in [0, 0.1) is 0 Å². The molecule has 1 saturated carbocycles. The molecule has 7 nitrogen and oxygen atoms in total. The third-order valence-electron chi connectivity index (χ3n) is 5.52. The van der Waals surface area contributed by atoms with Crippen molar-refractivity contribution in [2.45, 2.75) is 50.6 Å². The van der Waals surface area contributed by atoms with Gasteiger partial charge in [0.25, 0.3) is 0 Å². The van der Waals surface area contributed by atoms with Gasteiger partial charge in [0.15, 0.2) is 0 Å². The number of nitrogens with zero attached hydrogens (tertiary/aromatic N) is 2. The van der Waals surface area contributed by atoms with Crippen molar-refractivity contribution >= 4 is 28.4 Å². The predicted octanol–water partition coefficient (Wildman–Crippen LogP) is 4.39. The first-order chi connectivity index (χ1) is 15.7. The maximum atomic E-state index is 13.1. The van der Waals surface area contributed by atoms with Crippen LogP contribution in [0.1, 0.15) is 37.7 Å². The Balaban J connectivity index is 1.43. The van der Waals surface area contributed by atoms with E-state index in [1.807, 2.05) is 60.7 Å². The van der Waals surface area contributed by atoms with E-state index in [2.05, 4.69) is 26.1 Å². The van der Waals surface area contributed by atoms with Crippen LogP contribution in [0.4, 0.5) is 9.93 Å². The zero-order chi connectivity index (χ0) is 22.2. The molecule has 1 atom stereocenters. The van der Waals surface area contributed by atoms with Crippen LogP contribution in [0.3, 0.4) is 0 Å². The molecule has 1 unspecified atom stereocenters. The van der Waals surface area contributed by atoms with Gasteiger partial charge < -0.3 is 10.6 Å². The van der Waals surface area contributed by atoms with Crippen molar-refractivity contribution in [1.82, 2.24) is 20.8 Å². The second-order valence-electron chi connectivity index (χ2n) is 7.96. The Bertz CT molecular complexity index is 1020. The van der Waals surface area contributed by atoms with Crippen LogP contribution < -0.4 is 16.0 Å². The maximum Gasteiger partial charge on any atom is 0.315 e. The minimum absolute atomic E-state index is 0.167. The second kappa shape index (κ2) is 10.9. The van der Waals surface area contributed by atoms with Crippen LogP contribution in [0.25, 0.3) is 10.6 Å². The van der Waals surface area contributed by atoms with E-state index < -0.39 is 6.04 Å². The molecule has 3 N–H and O–H groups in total. The highest BCUT2D eigenvalue weighted by Gasteiger charge is 2.24. The summed E-state index contributed by atoms with van der Waals surface area (Å²) in [5.41, 5.74) is 1.91. The number of amides is 3.